The number of hydrogen-bond donors (Lipinski definition) is 0. The van der Waals surface area contributed by atoms with E-state index in [4.69, 9.17) is 0 Å². The Morgan fingerprint density at radius 3 is 1.61 bits per heavy atom. The molecule has 0 spiro atoms. The quantitative estimate of drug-likeness (QED) is 0.358. The maximum Gasteiger partial charge on any atom is 0.0440 e. The summed E-state index contributed by atoms with van der Waals surface area (Å²) in [5.41, 5.74) is 8.75. The molecule has 0 bridgehead atoms. The maximum absolute atomic E-state index is 2.30. The Balaban J connectivity index is 1.87. The van der Waals surface area contributed by atoms with E-state index in [1.807, 2.05) is 0 Å². The number of hydrogen-bond acceptors (Lipinski definition) is 1. The molecule has 0 aliphatic rings. The van der Waals surface area contributed by atoms with Gasteiger partial charge in [-0.25, -0.2) is 0 Å². The first kappa shape index (κ1) is 18.1. The van der Waals surface area contributed by atoms with Crippen molar-refractivity contribution in [1.29, 1.82) is 0 Å². The van der Waals surface area contributed by atoms with Crippen molar-refractivity contribution in [3.63, 3.8) is 0 Å². The second-order valence-electron chi connectivity index (χ2n) is 7.04. The average molecular weight is 364 g/mol. The smallest absolute Gasteiger partial charge is 0.0440 e. The van der Waals surface area contributed by atoms with Crippen LogP contribution in [0.2, 0.25) is 0 Å². The molecule has 0 N–H and O–H groups in total. The van der Waals surface area contributed by atoms with Gasteiger partial charge in [0.25, 0.3) is 0 Å². The van der Waals surface area contributed by atoms with Gasteiger partial charge < -0.3 is 4.90 Å². The van der Waals surface area contributed by atoms with E-state index in [1.165, 1.54) is 39.2 Å². The summed E-state index contributed by atoms with van der Waals surface area (Å²) in [6, 6.07) is 36.7. The molecule has 0 aliphatic carbocycles. The van der Waals surface area contributed by atoms with E-state index >= 15 is 0 Å². The standard InChI is InChI=1S/C27H25N/c1-3-21-12-10-11-17-27(21)28(2)26-19-24(22-13-6-4-7-14-22)18-25(20-26)23-15-8-5-9-16-23/h4-20H,3H2,1-2H3. The third-order valence-corrected chi connectivity index (χ3v) is 5.25. The first-order valence-corrected chi connectivity index (χ1v) is 9.84. The average Bonchev–Trinajstić information content (AvgIpc) is 2.79. The molecular formula is C27H25N. The van der Waals surface area contributed by atoms with Gasteiger partial charge in [0.05, 0.1) is 0 Å². The first-order valence-electron chi connectivity index (χ1n) is 9.84. The van der Waals surface area contributed by atoms with Crippen molar-refractivity contribution in [1.82, 2.24) is 0 Å². The van der Waals surface area contributed by atoms with Crippen molar-refractivity contribution in [3.05, 3.63) is 109 Å². The molecule has 138 valence electrons. The SMILES string of the molecule is CCc1ccccc1N(C)c1cc(-c2ccccc2)cc(-c2ccccc2)c1. The van der Waals surface area contributed by atoms with Crippen LogP contribution >= 0.6 is 0 Å². The lowest BCUT2D eigenvalue weighted by atomic mass is 9.97. The molecule has 4 aromatic rings. The van der Waals surface area contributed by atoms with E-state index in [2.05, 4.69) is 122 Å². The number of anilines is 2. The molecule has 0 amide bonds. The van der Waals surface area contributed by atoms with E-state index in [0.717, 1.165) is 6.42 Å². The second-order valence-corrected chi connectivity index (χ2v) is 7.04. The third-order valence-electron chi connectivity index (χ3n) is 5.25. The van der Waals surface area contributed by atoms with E-state index in [-0.39, 0.29) is 0 Å². The zero-order chi connectivity index (χ0) is 19.3. The van der Waals surface area contributed by atoms with Gasteiger partial charge in [-0.3, -0.25) is 0 Å². The van der Waals surface area contributed by atoms with Gasteiger partial charge in [-0.1, -0.05) is 85.8 Å². The highest BCUT2D eigenvalue weighted by molar-refractivity contribution is 5.80. The molecule has 0 atom stereocenters. The molecule has 0 saturated heterocycles. The van der Waals surface area contributed by atoms with Crippen LogP contribution in [0.3, 0.4) is 0 Å². The van der Waals surface area contributed by atoms with Crippen molar-refractivity contribution < 1.29 is 0 Å². The van der Waals surface area contributed by atoms with Crippen LogP contribution in [0.4, 0.5) is 11.4 Å². The fraction of sp³-hybridized carbons (Fsp3) is 0.111. The number of benzene rings is 4. The molecule has 0 heterocycles. The molecule has 0 aromatic heterocycles. The fourth-order valence-corrected chi connectivity index (χ4v) is 3.68. The van der Waals surface area contributed by atoms with Crippen LogP contribution in [0, 0.1) is 0 Å². The van der Waals surface area contributed by atoms with Crippen LogP contribution in [0.1, 0.15) is 12.5 Å². The zero-order valence-electron chi connectivity index (χ0n) is 16.5. The molecule has 0 unspecified atom stereocenters. The van der Waals surface area contributed by atoms with Crippen molar-refractivity contribution >= 4 is 11.4 Å². The largest absolute Gasteiger partial charge is 0.344 e. The lowest BCUT2D eigenvalue weighted by Crippen LogP contribution is -2.11. The van der Waals surface area contributed by atoms with Crippen LogP contribution < -0.4 is 4.90 Å². The lowest BCUT2D eigenvalue weighted by Gasteiger charge is -2.24. The van der Waals surface area contributed by atoms with Crippen molar-refractivity contribution in [2.75, 3.05) is 11.9 Å². The Hall–Kier alpha value is -3.32. The first-order chi connectivity index (χ1) is 13.8. The maximum atomic E-state index is 2.30. The third kappa shape index (κ3) is 3.70. The molecule has 1 heteroatoms. The molecule has 1 nitrogen and oxygen atoms in total. The van der Waals surface area contributed by atoms with E-state index in [9.17, 15) is 0 Å². The predicted molar refractivity (Wildman–Crippen MR) is 121 cm³/mol. The minimum Gasteiger partial charge on any atom is -0.344 e. The Morgan fingerprint density at radius 1 is 0.571 bits per heavy atom. The van der Waals surface area contributed by atoms with Crippen molar-refractivity contribution in [2.45, 2.75) is 13.3 Å². The monoisotopic (exact) mass is 363 g/mol. The van der Waals surface area contributed by atoms with Gasteiger partial charge in [0, 0.05) is 18.4 Å². The summed E-state index contributed by atoms with van der Waals surface area (Å²) < 4.78 is 0. The number of para-hydroxylation sites is 1. The Labute approximate surface area is 167 Å². The van der Waals surface area contributed by atoms with Crippen LogP contribution in [-0.4, -0.2) is 7.05 Å². The zero-order valence-corrected chi connectivity index (χ0v) is 16.5. The predicted octanol–water partition coefficient (Wildman–Crippen LogP) is 7.35. The van der Waals surface area contributed by atoms with Gasteiger partial charge in [0.15, 0.2) is 0 Å². The summed E-state index contributed by atoms with van der Waals surface area (Å²) in [5.74, 6) is 0. The molecule has 4 aromatic carbocycles. The van der Waals surface area contributed by atoms with Gasteiger partial charge in [-0.15, -0.1) is 0 Å². The fourth-order valence-electron chi connectivity index (χ4n) is 3.68. The molecular weight excluding hydrogens is 338 g/mol. The van der Waals surface area contributed by atoms with Gasteiger partial charge in [0.1, 0.15) is 0 Å². The van der Waals surface area contributed by atoms with Crippen LogP contribution in [-0.2, 0) is 6.42 Å². The normalized spacial score (nSPS) is 10.6. The minimum atomic E-state index is 1.02. The van der Waals surface area contributed by atoms with Gasteiger partial charge in [-0.05, 0) is 58.5 Å². The Morgan fingerprint density at radius 2 is 1.07 bits per heavy atom. The van der Waals surface area contributed by atoms with Crippen molar-refractivity contribution in [3.8, 4) is 22.3 Å². The van der Waals surface area contributed by atoms with Crippen LogP contribution in [0.25, 0.3) is 22.3 Å². The van der Waals surface area contributed by atoms with Crippen LogP contribution in [0.5, 0.6) is 0 Å². The van der Waals surface area contributed by atoms with Crippen molar-refractivity contribution in [2.24, 2.45) is 0 Å². The summed E-state index contributed by atoms with van der Waals surface area (Å²) in [4.78, 5) is 2.30. The summed E-state index contributed by atoms with van der Waals surface area (Å²) in [5, 5.41) is 0. The second kappa shape index (κ2) is 8.14. The van der Waals surface area contributed by atoms with E-state index in [1.54, 1.807) is 0 Å². The molecule has 4 rings (SSSR count). The van der Waals surface area contributed by atoms with Gasteiger partial charge in [-0.2, -0.15) is 0 Å². The molecule has 0 saturated carbocycles. The number of aryl methyl sites for hydroxylation is 1. The summed E-state index contributed by atoms with van der Waals surface area (Å²) in [6.45, 7) is 2.21. The molecule has 0 aliphatic heterocycles. The van der Waals surface area contributed by atoms with Crippen LogP contribution in [0.15, 0.2) is 103 Å². The summed E-state index contributed by atoms with van der Waals surface area (Å²) in [7, 11) is 2.16. The lowest BCUT2D eigenvalue weighted by molar-refractivity contribution is 1.09. The summed E-state index contributed by atoms with van der Waals surface area (Å²) >= 11 is 0. The molecule has 0 radical (unpaired) electrons. The Kier molecular flexibility index (Phi) is 5.25. The number of nitrogens with zero attached hydrogens (tertiary/aromatic N) is 1. The molecule has 28 heavy (non-hydrogen) atoms. The highest BCUT2D eigenvalue weighted by Crippen LogP contribution is 2.35. The minimum absolute atomic E-state index is 1.02. The highest BCUT2D eigenvalue weighted by Gasteiger charge is 2.12. The summed E-state index contributed by atoms with van der Waals surface area (Å²) in [6.07, 6.45) is 1.02. The van der Waals surface area contributed by atoms with Gasteiger partial charge in [0.2, 0.25) is 0 Å². The van der Waals surface area contributed by atoms with Gasteiger partial charge >= 0.3 is 0 Å². The van der Waals surface area contributed by atoms with E-state index < -0.39 is 0 Å². The molecule has 0 fully saturated rings. The highest BCUT2D eigenvalue weighted by atomic mass is 15.1. The Bertz CT molecular complexity index is 994. The van der Waals surface area contributed by atoms with E-state index in [0.29, 0.717) is 0 Å². The number of rotatable bonds is 5. The topological polar surface area (TPSA) is 3.24 Å².